The van der Waals surface area contributed by atoms with Crippen LogP contribution in [0.1, 0.15) is 11.1 Å². The number of aliphatic carboxylic acids is 1. The standard InChI is InChI=1S/C17H15BrO4/c1-21-16-8-2-12(3-9-17(19)20)10-13(16)11-22-15-6-4-14(18)5-7-15/h2-10H,11H2,1H3,(H,19,20). The van der Waals surface area contributed by atoms with Gasteiger partial charge in [0.1, 0.15) is 18.1 Å². The third-order valence-corrected chi connectivity index (χ3v) is 3.46. The summed E-state index contributed by atoms with van der Waals surface area (Å²) in [5.41, 5.74) is 1.62. The van der Waals surface area contributed by atoms with Crippen LogP contribution in [-0.2, 0) is 11.4 Å². The smallest absolute Gasteiger partial charge is 0.328 e. The largest absolute Gasteiger partial charge is 0.496 e. The molecule has 0 aliphatic carbocycles. The van der Waals surface area contributed by atoms with Crippen LogP contribution in [0.2, 0.25) is 0 Å². The Morgan fingerprint density at radius 1 is 1.23 bits per heavy atom. The van der Waals surface area contributed by atoms with Gasteiger partial charge in [-0.1, -0.05) is 22.0 Å². The molecular weight excluding hydrogens is 348 g/mol. The Morgan fingerprint density at radius 3 is 2.59 bits per heavy atom. The molecule has 0 unspecified atom stereocenters. The zero-order valence-electron chi connectivity index (χ0n) is 12.0. The van der Waals surface area contributed by atoms with Crippen molar-refractivity contribution < 1.29 is 19.4 Å². The number of carboxylic acids is 1. The number of rotatable bonds is 6. The molecule has 0 saturated carbocycles. The van der Waals surface area contributed by atoms with Crippen LogP contribution in [0, 0.1) is 0 Å². The molecule has 5 heteroatoms. The average molecular weight is 363 g/mol. The van der Waals surface area contributed by atoms with Gasteiger partial charge in [-0.25, -0.2) is 4.79 Å². The van der Waals surface area contributed by atoms with Crippen molar-refractivity contribution in [3.05, 3.63) is 64.1 Å². The molecule has 114 valence electrons. The Labute approximate surface area is 137 Å². The van der Waals surface area contributed by atoms with E-state index in [0.717, 1.165) is 27.4 Å². The van der Waals surface area contributed by atoms with Gasteiger partial charge in [-0.05, 0) is 48.0 Å². The predicted octanol–water partition coefficient (Wildman–Crippen LogP) is 4.13. The van der Waals surface area contributed by atoms with Crippen LogP contribution < -0.4 is 9.47 Å². The van der Waals surface area contributed by atoms with Crippen molar-refractivity contribution in [2.45, 2.75) is 6.61 Å². The second-order valence-corrected chi connectivity index (χ2v) is 5.40. The number of halogens is 1. The summed E-state index contributed by atoms with van der Waals surface area (Å²) in [6.07, 6.45) is 2.63. The molecule has 0 aromatic heterocycles. The van der Waals surface area contributed by atoms with E-state index in [0.29, 0.717) is 12.4 Å². The van der Waals surface area contributed by atoms with Crippen LogP contribution in [0.4, 0.5) is 0 Å². The first-order valence-corrected chi connectivity index (χ1v) is 7.34. The van der Waals surface area contributed by atoms with Gasteiger partial charge < -0.3 is 14.6 Å². The molecule has 2 rings (SSSR count). The van der Waals surface area contributed by atoms with Crippen molar-refractivity contribution in [2.24, 2.45) is 0 Å². The van der Waals surface area contributed by atoms with Crippen LogP contribution in [-0.4, -0.2) is 18.2 Å². The van der Waals surface area contributed by atoms with Gasteiger partial charge in [0.05, 0.1) is 7.11 Å². The highest BCUT2D eigenvalue weighted by Gasteiger charge is 2.05. The maximum Gasteiger partial charge on any atom is 0.328 e. The summed E-state index contributed by atoms with van der Waals surface area (Å²) in [4.78, 5) is 10.6. The van der Waals surface area contributed by atoms with Crippen LogP contribution in [0.3, 0.4) is 0 Å². The van der Waals surface area contributed by atoms with E-state index in [-0.39, 0.29) is 0 Å². The van der Waals surface area contributed by atoms with E-state index in [1.165, 1.54) is 6.08 Å². The molecule has 0 aliphatic rings. The minimum atomic E-state index is -0.983. The third-order valence-electron chi connectivity index (χ3n) is 2.93. The molecule has 0 heterocycles. The quantitative estimate of drug-likeness (QED) is 0.784. The molecule has 2 aromatic carbocycles. The molecule has 2 aromatic rings. The maximum absolute atomic E-state index is 10.6. The highest BCUT2D eigenvalue weighted by Crippen LogP contribution is 2.23. The summed E-state index contributed by atoms with van der Waals surface area (Å²) in [6, 6.07) is 13.0. The van der Waals surface area contributed by atoms with E-state index >= 15 is 0 Å². The van der Waals surface area contributed by atoms with Gasteiger partial charge in [0.2, 0.25) is 0 Å². The molecule has 0 fully saturated rings. The fourth-order valence-electron chi connectivity index (χ4n) is 1.87. The van der Waals surface area contributed by atoms with Gasteiger partial charge >= 0.3 is 5.97 Å². The van der Waals surface area contributed by atoms with E-state index in [1.807, 2.05) is 30.3 Å². The van der Waals surface area contributed by atoms with Gasteiger partial charge in [0.15, 0.2) is 0 Å². The third kappa shape index (κ3) is 4.63. The van der Waals surface area contributed by atoms with E-state index in [4.69, 9.17) is 14.6 Å². The molecule has 0 bridgehead atoms. The van der Waals surface area contributed by atoms with Crippen molar-refractivity contribution in [1.29, 1.82) is 0 Å². The molecule has 0 atom stereocenters. The fraction of sp³-hybridized carbons (Fsp3) is 0.118. The lowest BCUT2D eigenvalue weighted by atomic mass is 10.1. The zero-order chi connectivity index (χ0) is 15.9. The minimum absolute atomic E-state index is 0.333. The zero-order valence-corrected chi connectivity index (χ0v) is 13.5. The first-order valence-electron chi connectivity index (χ1n) is 6.55. The normalized spacial score (nSPS) is 10.6. The Morgan fingerprint density at radius 2 is 1.95 bits per heavy atom. The van der Waals surface area contributed by atoms with E-state index in [9.17, 15) is 4.79 Å². The number of carboxylic acid groups (broad SMARTS) is 1. The van der Waals surface area contributed by atoms with Crippen molar-refractivity contribution in [3.8, 4) is 11.5 Å². The maximum atomic E-state index is 10.6. The number of carbonyl (C=O) groups is 1. The van der Waals surface area contributed by atoms with Crippen molar-refractivity contribution >= 4 is 28.0 Å². The molecule has 0 aliphatic heterocycles. The minimum Gasteiger partial charge on any atom is -0.496 e. The molecule has 0 saturated heterocycles. The van der Waals surface area contributed by atoms with Crippen LogP contribution in [0.5, 0.6) is 11.5 Å². The van der Waals surface area contributed by atoms with E-state index < -0.39 is 5.97 Å². The average Bonchev–Trinajstić information content (AvgIpc) is 2.52. The highest BCUT2D eigenvalue weighted by molar-refractivity contribution is 9.10. The summed E-state index contributed by atoms with van der Waals surface area (Å²) < 4.78 is 12.0. The number of ether oxygens (including phenoxy) is 2. The second-order valence-electron chi connectivity index (χ2n) is 4.49. The number of hydrogen-bond acceptors (Lipinski definition) is 3. The van der Waals surface area contributed by atoms with Gasteiger partial charge in [-0.15, -0.1) is 0 Å². The Bertz CT molecular complexity index is 678. The van der Waals surface area contributed by atoms with Gasteiger partial charge in [0, 0.05) is 16.1 Å². The number of methoxy groups -OCH3 is 1. The Balaban J connectivity index is 2.15. The predicted molar refractivity (Wildman–Crippen MR) is 88.1 cm³/mol. The number of hydrogen-bond donors (Lipinski definition) is 1. The summed E-state index contributed by atoms with van der Waals surface area (Å²) >= 11 is 3.37. The van der Waals surface area contributed by atoms with Gasteiger partial charge in [-0.2, -0.15) is 0 Å². The summed E-state index contributed by atoms with van der Waals surface area (Å²) in [5, 5.41) is 8.68. The van der Waals surface area contributed by atoms with Crippen molar-refractivity contribution in [3.63, 3.8) is 0 Å². The lowest BCUT2D eigenvalue weighted by Gasteiger charge is -2.11. The summed E-state index contributed by atoms with van der Waals surface area (Å²) in [6.45, 7) is 0.333. The molecule has 22 heavy (non-hydrogen) atoms. The summed E-state index contributed by atoms with van der Waals surface area (Å²) in [7, 11) is 1.59. The fourth-order valence-corrected chi connectivity index (χ4v) is 2.14. The molecule has 0 amide bonds. The first-order chi connectivity index (χ1) is 10.6. The monoisotopic (exact) mass is 362 g/mol. The second kappa shape index (κ2) is 7.66. The summed E-state index contributed by atoms with van der Waals surface area (Å²) in [5.74, 6) is 0.463. The molecule has 1 N–H and O–H groups in total. The van der Waals surface area contributed by atoms with Crippen molar-refractivity contribution in [1.82, 2.24) is 0 Å². The number of benzene rings is 2. The SMILES string of the molecule is COc1ccc(C=CC(=O)O)cc1COc1ccc(Br)cc1. The molecule has 0 radical (unpaired) electrons. The van der Waals surface area contributed by atoms with Gasteiger partial charge in [-0.3, -0.25) is 0 Å². The lowest BCUT2D eigenvalue weighted by molar-refractivity contribution is -0.131. The highest BCUT2D eigenvalue weighted by atomic mass is 79.9. The lowest BCUT2D eigenvalue weighted by Crippen LogP contribution is -1.99. The van der Waals surface area contributed by atoms with Crippen LogP contribution in [0.15, 0.2) is 53.0 Å². The van der Waals surface area contributed by atoms with E-state index in [2.05, 4.69) is 15.9 Å². The topological polar surface area (TPSA) is 55.8 Å². The van der Waals surface area contributed by atoms with Crippen molar-refractivity contribution in [2.75, 3.05) is 7.11 Å². The van der Waals surface area contributed by atoms with Crippen LogP contribution >= 0.6 is 15.9 Å². The van der Waals surface area contributed by atoms with E-state index in [1.54, 1.807) is 19.2 Å². The molecule has 4 nitrogen and oxygen atoms in total. The molecule has 0 spiro atoms. The first kappa shape index (κ1) is 16.1. The Hall–Kier alpha value is -2.27. The Kier molecular flexibility index (Phi) is 5.61. The van der Waals surface area contributed by atoms with Gasteiger partial charge in [0.25, 0.3) is 0 Å². The molecular formula is C17H15BrO4. The van der Waals surface area contributed by atoms with Crippen LogP contribution in [0.25, 0.3) is 6.08 Å².